The lowest BCUT2D eigenvalue weighted by atomic mass is 10.0. The number of benzene rings is 2. The molecule has 2 amide bonds. The largest absolute Gasteiger partial charge is 0.389 e. The van der Waals surface area contributed by atoms with Gasteiger partial charge >= 0.3 is 11.9 Å². The lowest BCUT2D eigenvalue weighted by Crippen LogP contribution is -2.57. The Morgan fingerprint density at radius 2 is 1.33 bits per heavy atom. The summed E-state index contributed by atoms with van der Waals surface area (Å²) in [5.41, 5.74) is 2.60. The second kappa shape index (κ2) is 7.85. The van der Waals surface area contributed by atoms with Crippen LogP contribution in [0.5, 0.6) is 0 Å². The monoisotopic (exact) mass is 372 g/mol. The molecule has 0 radical (unpaired) electrons. The lowest BCUT2D eigenvalue weighted by molar-refractivity contribution is -0.448. The van der Waals surface area contributed by atoms with Crippen LogP contribution in [-0.4, -0.2) is 69.2 Å². The van der Waals surface area contributed by atoms with Crippen molar-refractivity contribution >= 4 is 11.8 Å². The smallest absolute Gasteiger partial charge is 0.335 e. The molecule has 2 aromatic carbocycles. The maximum absolute atomic E-state index is 12.6. The van der Waals surface area contributed by atoms with Crippen LogP contribution in [0.15, 0.2) is 54.6 Å². The average Bonchev–Trinajstić information content (AvgIpc) is 2.73. The summed E-state index contributed by atoms with van der Waals surface area (Å²) < 4.78 is 0. The Morgan fingerprint density at radius 3 is 1.89 bits per heavy atom. The van der Waals surface area contributed by atoms with E-state index in [1.54, 1.807) is 17.0 Å². The summed E-state index contributed by atoms with van der Waals surface area (Å²) in [5, 5.41) is 26.8. The Hall–Kier alpha value is -2.78. The van der Waals surface area contributed by atoms with Gasteiger partial charge in [0.1, 0.15) is 0 Å². The minimum atomic E-state index is -3.28. The molecule has 2 aromatic rings. The molecule has 142 valence electrons. The van der Waals surface area contributed by atoms with Crippen molar-refractivity contribution in [2.24, 2.45) is 0 Å². The molecule has 0 spiro atoms. The molecule has 1 heterocycles. The second-order valence-electron chi connectivity index (χ2n) is 6.23. The molecule has 0 saturated carbocycles. The van der Waals surface area contributed by atoms with E-state index in [2.05, 4.69) is 4.89 Å². The first-order valence-corrected chi connectivity index (χ1v) is 8.44. The summed E-state index contributed by atoms with van der Waals surface area (Å²) in [7, 11) is 0. The number of nitrogens with zero attached hydrogens (tertiary/aromatic N) is 2. The third kappa shape index (κ3) is 4.15. The number of carbonyl (C=O) groups excluding carboxylic acids is 2. The molecule has 0 aliphatic carbocycles. The van der Waals surface area contributed by atoms with E-state index in [1.807, 2.05) is 42.5 Å². The van der Waals surface area contributed by atoms with Gasteiger partial charge in [-0.05, 0) is 23.3 Å². The van der Waals surface area contributed by atoms with E-state index in [4.69, 9.17) is 5.26 Å². The molecule has 0 aromatic heterocycles. The van der Waals surface area contributed by atoms with Crippen LogP contribution in [0.4, 0.5) is 0 Å². The number of carbonyl (C=O) groups is 2. The number of rotatable bonds is 4. The molecule has 1 fully saturated rings. The highest BCUT2D eigenvalue weighted by Crippen LogP contribution is 2.20. The maximum Gasteiger partial charge on any atom is 0.389 e. The Morgan fingerprint density at radius 1 is 0.815 bits per heavy atom. The summed E-state index contributed by atoms with van der Waals surface area (Å²) in [4.78, 5) is 30.5. The van der Waals surface area contributed by atoms with Gasteiger partial charge < -0.3 is 20.0 Å². The van der Waals surface area contributed by atoms with Crippen LogP contribution < -0.4 is 0 Å². The second-order valence-corrected chi connectivity index (χ2v) is 6.23. The minimum absolute atomic E-state index is 0.0961. The SMILES string of the molecule is O=C(c1ccc(-c2ccccc2)cc1)N1CCN(C(=O)C(O)(O)OO)CC1. The van der Waals surface area contributed by atoms with Crippen LogP contribution in [0.25, 0.3) is 11.1 Å². The summed E-state index contributed by atoms with van der Waals surface area (Å²) in [5.74, 6) is -4.62. The third-order valence-corrected chi connectivity index (χ3v) is 4.50. The maximum atomic E-state index is 12.6. The molecule has 1 aliphatic heterocycles. The highest BCUT2D eigenvalue weighted by Gasteiger charge is 2.40. The van der Waals surface area contributed by atoms with Crippen molar-refractivity contribution in [3.8, 4) is 11.1 Å². The zero-order valence-corrected chi connectivity index (χ0v) is 14.5. The van der Waals surface area contributed by atoms with E-state index in [1.165, 1.54) is 0 Å². The normalized spacial score (nSPS) is 14.9. The van der Waals surface area contributed by atoms with Gasteiger partial charge in [-0.2, -0.15) is 4.89 Å². The van der Waals surface area contributed by atoms with Crippen LogP contribution in [-0.2, 0) is 9.68 Å². The molecule has 8 heteroatoms. The number of piperazine rings is 1. The van der Waals surface area contributed by atoms with E-state index in [-0.39, 0.29) is 32.1 Å². The third-order valence-electron chi connectivity index (χ3n) is 4.50. The van der Waals surface area contributed by atoms with Gasteiger partial charge in [0.05, 0.1) is 0 Å². The van der Waals surface area contributed by atoms with Crippen molar-refractivity contribution in [3.63, 3.8) is 0 Å². The number of hydrogen-bond acceptors (Lipinski definition) is 6. The lowest BCUT2D eigenvalue weighted by Gasteiger charge is -2.36. The van der Waals surface area contributed by atoms with Crippen LogP contribution in [0, 0.1) is 0 Å². The molecule has 1 saturated heterocycles. The Labute approximate surface area is 155 Å². The van der Waals surface area contributed by atoms with Crippen molar-refractivity contribution in [1.82, 2.24) is 9.80 Å². The van der Waals surface area contributed by atoms with Crippen molar-refractivity contribution < 1.29 is 29.9 Å². The predicted molar refractivity (Wildman–Crippen MR) is 95.2 cm³/mol. The van der Waals surface area contributed by atoms with Crippen LogP contribution in [0.2, 0.25) is 0 Å². The van der Waals surface area contributed by atoms with E-state index in [0.717, 1.165) is 16.0 Å². The number of aliphatic hydroxyl groups is 2. The van der Waals surface area contributed by atoms with Crippen molar-refractivity contribution in [2.45, 2.75) is 5.97 Å². The molecule has 3 N–H and O–H groups in total. The number of amides is 2. The van der Waals surface area contributed by atoms with E-state index in [9.17, 15) is 19.8 Å². The van der Waals surface area contributed by atoms with Gasteiger partial charge in [-0.1, -0.05) is 42.5 Å². The fourth-order valence-electron chi connectivity index (χ4n) is 2.98. The summed E-state index contributed by atoms with van der Waals surface area (Å²) in [6.45, 7) is 0.650. The Kier molecular flexibility index (Phi) is 5.52. The first-order chi connectivity index (χ1) is 12.9. The van der Waals surface area contributed by atoms with Gasteiger partial charge in [0.15, 0.2) is 0 Å². The predicted octanol–water partition coefficient (Wildman–Crippen LogP) is 0.766. The van der Waals surface area contributed by atoms with Gasteiger partial charge in [0.2, 0.25) is 0 Å². The zero-order chi connectivity index (χ0) is 19.4. The molecule has 8 nitrogen and oxygen atoms in total. The van der Waals surface area contributed by atoms with Gasteiger partial charge in [-0.25, -0.2) is 5.26 Å². The quantitative estimate of drug-likeness (QED) is 0.415. The molecule has 0 atom stereocenters. The van der Waals surface area contributed by atoms with Crippen LogP contribution in [0.3, 0.4) is 0 Å². The molecule has 0 unspecified atom stereocenters. The Bertz CT molecular complexity index is 799. The summed E-state index contributed by atoms with van der Waals surface area (Å²) >= 11 is 0. The van der Waals surface area contributed by atoms with Crippen LogP contribution in [0.1, 0.15) is 10.4 Å². The van der Waals surface area contributed by atoms with Crippen LogP contribution >= 0.6 is 0 Å². The molecular weight excluding hydrogens is 352 g/mol. The van der Waals surface area contributed by atoms with Gasteiger partial charge in [0, 0.05) is 31.7 Å². The van der Waals surface area contributed by atoms with Gasteiger partial charge in [-0.15, -0.1) is 0 Å². The average molecular weight is 372 g/mol. The first kappa shape index (κ1) is 19.0. The summed E-state index contributed by atoms with van der Waals surface area (Å²) in [6.07, 6.45) is 0. The molecule has 1 aliphatic rings. The highest BCUT2D eigenvalue weighted by atomic mass is 17.2. The molecule has 0 bridgehead atoms. The first-order valence-electron chi connectivity index (χ1n) is 8.44. The minimum Gasteiger partial charge on any atom is -0.335 e. The standard InChI is InChI=1S/C19H20N2O6/c22-17(16-8-6-15(7-9-16)14-4-2-1-3-5-14)20-10-12-21(13-11-20)18(23)19(24,25)27-26/h1-9,24-26H,10-13H2. The van der Waals surface area contributed by atoms with Gasteiger partial charge in [-0.3, -0.25) is 9.59 Å². The van der Waals surface area contributed by atoms with Crippen molar-refractivity contribution in [3.05, 3.63) is 60.2 Å². The molecule has 27 heavy (non-hydrogen) atoms. The van der Waals surface area contributed by atoms with E-state index >= 15 is 0 Å². The van der Waals surface area contributed by atoms with E-state index in [0.29, 0.717) is 5.56 Å². The fourth-order valence-corrected chi connectivity index (χ4v) is 2.98. The molecular formula is C19H20N2O6. The summed E-state index contributed by atoms with van der Waals surface area (Å²) in [6, 6.07) is 17.1. The van der Waals surface area contributed by atoms with Crippen molar-refractivity contribution in [1.29, 1.82) is 0 Å². The zero-order valence-electron chi connectivity index (χ0n) is 14.5. The fraction of sp³-hybridized carbons (Fsp3) is 0.263. The van der Waals surface area contributed by atoms with Gasteiger partial charge in [0.25, 0.3) is 5.91 Å². The Balaban J connectivity index is 1.62. The number of hydrogen-bond donors (Lipinski definition) is 3. The highest BCUT2D eigenvalue weighted by molar-refractivity contribution is 5.95. The van der Waals surface area contributed by atoms with E-state index < -0.39 is 11.9 Å². The van der Waals surface area contributed by atoms with Crippen molar-refractivity contribution in [2.75, 3.05) is 26.2 Å². The molecule has 3 rings (SSSR count). The topological polar surface area (TPSA) is 111 Å².